The molecule has 8 nitrogen and oxygen atoms in total. The van der Waals surface area contributed by atoms with Crippen molar-refractivity contribution in [2.45, 2.75) is 26.3 Å². The van der Waals surface area contributed by atoms with Crippen molar-refractivity contribution in [2.24, 2.45) is 5.73 Å². The number of benzene rings is 1. The lowest BCUT2D eigenvalue weighted by molar-refractivity contribution is 0.450. The molecule has 0 fully saturated rings. The minimum absolute atomic E-state index is 0.416. The summed E-state index contributed by atoms with van der Waals surface area (Å²) < 4.78 is 7.25. The number of nitrogens with two attached hydrogens (primary N) is 2. The summed E-state index contributed by atoms with van der Waals surface area (Å²) in [5.74, 6) is 0.416. The van der Waals surface area contributed by atoms with Crippen molar-refractivity contribution in [3.8, 4) is 11.3 Å². The van der Waals surface area contributed by atoms with Gasteiger partial charge in [-0.05, 0) is 38.4 Å². The average molecular weight is 337 g/mol. The van der Waals surface area contributed by atoms with Crippen LogP contribution in [-0.2, 0) is 6.54 Å². The van der Waals surface area contributed by atoms with Gasteiger partial charge in [0.05, 0.1) is 11.1 Å². The van der Waals surface area contributed by atoms with E-state index in [1.165, 1.54) is 6.33 Å². The van der Waals surface area contributed by atoms with Crippen LogP contribution in [0.4, 0.5) is 5.82 Å². The van der Waals surface area contributed by atoms with Gasteiger partial charge in [0.25, 0.3) is 0 Å². The third-order valence-corrected chi connectivity index (χ3v) is 4.31. The second kappa shape index (κ2) is 6.14. The zero-order chi connectivity index (χ0) is 17.4. The Hall–Kier alpha value is -3.00. The van der Waals surface area contributed by atoms with Gasteiger partial charge in [0.1, 0.15) is 17.8 Å². The van der Waals surface area contributed by atoms with Crippen LogP contribution in [0.2, 0.25) is 0 Å². The molecule has 4 rings (SSSR count). The number of nitrogen functional groups attached to an aromatic ring is 1. The highest BCUT2D eigenvalue weighted by Crippen LogP contribution is 2.32. The number of anilines is 1. The number of rotatable bonds is 5. The lowest BCUT2D eigenvalue weighted by Crippen LogP contribution is -2.05. The Morgan fingerprint density at radius 2 is 2.08 bits per heavy atom. The van der Waals surface area contributed by atoms with Crippen molar-refractivity contribution in [3.63, 3.8) is 0 Å². The average Bonchev–Trinajstić information content (AvgIpc) is 3.17. The molecule has 0 radical (unpaired) electrons. The first-order valence-electron chi connectivity index (χ1n) is 8.22. The summed E-state index contributed by atoms with van der Waals surface area (Å²) in [6.45, 7) is 3.30. The van der Waals surface area contributed by atoms with Gasteiger partial charge in [0.2, 0.25) is 0 Å². The number of nitrogens with zero attached hydrogens (tertiary/aromatic N) is 5. The first-order chi connectivity index (χ1) is 12.2. The summed E-state index contributed by atoms with van der Waals surface area (Å²) in [4.78, 5) is 8.50. The van der Waals surface area contributed by atoms with E-state index in [0.717, 1.165) is 58.3 Å². The molecule has 8 heteroatoms. The van der Waals surface area contributed by atoms with Gasteiger partial charge in [-0.1, -0.05) is 11.2 Å². The molecular formula is C17H19N7O. The molecule has 0 bridgehead atoms. The molecule has 0 amide bonds. The fraction of sp³-hybridized carbons (Fsp3) is 0.294. The third kappa shape index (κ3) is 2.60. The largest absolute Gasteiger partial charge is 0.383 e. The van der Waals surface area contributed by atoms with Gasteiger partial charge in [-0.15, -0.1) is 0 Å². The first kappa shape index (κ1) is 15.5. The van der Waals surface area contributed by atoms with Crippen LogP contribution >= 0.6 is 0 Å². The lowest BCUT2D eigenvalue weighted by atomic mass is 10.1. The van der Waals surface area contributed by atoms with E-state index in [9.17, 15) is 0 Å². The Labute approximate surface area is 143 Å². The molecule has 0 aliphatic heterocycles. The Kier molecular flexibility index (Phi) is 3.81. The smallest absolute Gasteiger partial charge is 0.167 e. The fourth-order valence-corrected chi connectivity index (χ4v) is 3.01. The molecule has 0 saturated heterocycles. The molecule has 4 aromatic rings. The summed E-state index contributed by atoms with van der Waals surface area (Å²) >= 11 is 0. The van der Waals surface area contributed by atoms with E-state index in [0.29, 0.717) is 12.4 Å². The zero-order valence-electron chi connectivity index (χ0n) is 13.9. The van der Waals surface area contributed by atoms with Crippen molar-refractivity contribution in [2.75, 3.05) is 12.3 Å². The molecule has 128 valence electrons. The van der Waals surface area contributed by atoms with Crippen LogP contribution in [0.3, 0.4) is 0 Å². The molecule has 0 spiro atoms. The second-order valence-corrected chi connectivity index (χ2v) is 6.00. The Morgan fingerprint density at radius 1 is 1.20 bits per heavy atom. The highest BCUT2D eigenvalue weighted by atomic mass is 16.5. The van der Waals surface area contributed by atoms with Crippen molar-refractivity contribution < 1.29 is 4.52 Å². The molecule has 0 unspecified atom stereocenters. The van der Waals surface area contributed by atoms with Gasteiger partial charge >= 0.3 is 0 Å². The van der Waals surface area contributed by atoms with Crippen molar-refractivity contribution in [1.82, 2.24) is 24.9 Å². The number of aryl methyl sites for hydroxylation is 2. The van der Waals surface area contributed by atoms with Crippen LogP contribution in [0.5, 0.6) is 0 Å². The van der Waals surface area contributed by atoms with Crippen LogP contribution in [0, 0.1) is 6.92 Å². The van der Waals surface area contributed by atoms with Gasteiger partial charge in [0.15, 0.2) is 11.2 Å². The lowest BCUT2D eigenvalue weighted by Gasteiger charge is -2.01. The molecule has 25 heavy (non-hydrogen) atoms. The summed E-state index contributed by atoms with van der Waals surface area (Å²) in [5.41, 5.74) is 15.7. The Balaban J connectivity index is 1.87. The van der Waals surface area contributed by atoms with Gasteiger partial charge in [-0.2, -0.15) is 5.10 Å². The van der Waals surface area contributed by atoms with Crippen LogP contribution in [0.15, 0.2) is 29.0 Å². The predicted molar refractivity (Wildman–Crippen MR) is 95.8 cm³/mol. The van der Waals surface area contributed by atoms with Crippen LogP contribution in [0.1, 0.15) is 18.5 Å². The maximum atomic E-state index is 6.12. The topological polar surface area (TPSA) is 122 Å². The van der Waals surface area contributed by atoms with E-state index in [1.54, 1.807) is 0 Å². The van der Waals surface area contributed by atoms with Crippen LogP contribution in [-0.4, -0.2) is 31.4 Å². The zero-order valence-corrected chi connectivity index (χ0v) is 13.9. The molecular weight excluding hydrogens is 318 g/mol. The van der Waals surface area contributed by atoms with Crippen molar-refractivity contribution >= 4 is 27.8 Å². The first-order valence-corrected chi connectivity index (χ1v) is 8.22. The van der Waals surface area contributed by atoms with Gasteiger partial charge in [0, 0.05) is 17.5 Å². The maximum absolute atomic E-state index is 6.12. The van der Waals surface area contributed by atoms with Crippen molar-refractivity contribution in [1.29, 1.82) is 0 Å². The van der Waals surface area contributed by atoms with E-state index in [1.807, 2.05) is 29.8 Å². The van der Waals surface area contributed by atoms with E-state index in [2.05, 4.69) is 15.1 Å². The molecule has 0 saturated carbocycles. The summed E-state index contributed by atoms with van der Waals surface area (Å²) in [7, 11) is 0. The van der Waals surface area contributed by atoms with Gasteiger partial charge in [-0.3, -0.25) is 0 Å². The molecule has 0 atom stereocenters. The van der Waals surface area contributed by atoms with E-state index in [-0.39, 0.29) is 0 Å². The summed E-state index contributed by atoms with van der Waals surface area (Å²) in [5, 5.41) is 10.5. The van der Waals surface area contributed by atoms with Crippen LogP contribution in [0.25, 0.3) is 33.3 Å². The molecule has 1 aromatic carbocycles. The minimum Gasteiger partial charge on any atom is -0.383 e. The summed E-state index contributed by atoms with van der Waals surface area (Å²) in [6.07, 6.45) is 3.32. The SMILES string of the molecule is Cc1noc2cc(-c3nn(CCCCN)c4ncnc(N)c34)ccc12. The number of aromatic nitrogens is 5. The number of fused-ring (bicyclic) bond motifs is 2. The maximum Gasteiger partial charge on any atom is 0.167 e. The molecule has 4 N–H and O–H groups in total. The van der Waals surface area contributed by atoms with E-state index >= 15 is 0 Å². The second-order valence-electron chi connectivity index (χ2n) is 6.00. The monoisotopic (exact) mass is 337 g/mol. The number of unbranched alkanes of at least 4 members (excludes halogenated alkanes) is 1. The normalized spacial score (nSPS) is 11.6. The number of hydrogen-bond acceptors (Lipinski definition) is 7. The highest BCUT2D eigenvalue weighted by molar-refractivity contribution is 5.99. The van der Waals surface area contributed by atoms with E-state index < -0.39 is 0 Å². The van der Waals surface area contributed by atoms with Crippen LogP contribution < -0.4 is 11.5 Å². The van der Waals surface area contributed by atoms with Gasteiger partial charge in [-0.25, -0.2) is 14.6 Å². The highest BCUT2D eigenvalue weighted by Gasteiger charge is 2.18. The van der Waals surface area contributed by atoms with Gasteiger partial charge < -0.3 is 16.0 Å². The minimum atomic E-state index is 0.416. The standard InChI is InChI=1S/C17H19N7O/c1-10-12-5-4-11(8-13(12)25-23-10)15-14-16(19)20-9-21-17(14)24(22-15)7-3-2-6-18/h4-5,8-9H,2-3,6-7,18H2,1H3,(H2,19,20,21). The third-order valence-electron chi connectivity index (χ3n) is 4.31. The summed E-state index contributed by atoms with van der Waals surface area (Å²) in [6, 6.07) is 5.90. The number of hydrogen-bond donors (Lipinski definition) is 2. The Morgan fingerprint density at radius 3 is 2.92 bits per heavy atom. The molecule has 3 aromatic heterocycles. The molecule has 0 aliphatic rings. The fourth-order valence-electron chi connectivity index (χ4n) is 3.01. The predicted octanol–water partition coefficient (Wildman–Crippen LogP) is 2.26. The molecule has 0 aliphatic carbocycles. The van der Waals surface area contributed by atoms with Crippen molar-refractivity contribution in [3.05, 3.63) is 30.2 Å². The Bertz CT molecular complexity index is 1050. The molecule has 3 heterocycles. The quantitative estimate of drug-likeness (QED) is 0.536. The van der Waals surface area contributed by atoms with E-state index in [4.69, 9.17) is 21.1 Å².